The highest BCUT2D eigenvalue weighted by molar-refractivity contribution is 5.79. The number of aryl methyl sites for hydroxylation is 2. The summed E-state index contributed by atoms with van der Waals surface area (Å²) in [5.41, 5.74) is 2.30. The van der Waals surface area contributed by atoms with Gasteiger partial charge in [-0.2, -0.15) is 5.10 Å². The molecule has 0 spiro atoms. The Kier molecular flexibility index (Phi) is 7.99. The lowest BCUT2D eigenvalue weighted by Crippen LogP contribution is -2.38. The average Bonchev–Trinajstić information content (AvgIpc) is 2.73. The minimum Gasteiger partial charge on any atom is -0.357 e. The predicted octanol–water partition coefficient (Wildman–Crippen LogP) is 2.74. The molecule has 1 aromatic heterocycles. The normalized spacial score (nSPS) is 13.5. The summed E-state index contributed by atoms with van der Waals surface area (Å²) in [6.07, 6.45) is 1.16. The number of nitrogens with zero attached hydrogens (tertiary/aromatic N) is 3. The first-order chi connectivity index (χ1) is 10.4. The van der Waals surface area contributed by atoms with Crippen LogP contribution < -0.4 is 10.6 Å². The lowest BCUT2D eigenvalue weighted by Gasteiger charge is -2.15. The second-order valence-corrected chi connectivity index (χ2v) is 6.54. The summed E-state index contributed by atoms with van der Waals surface area (Å²) in [5.74, 6) is 2.09. The van der Waals surface area contributed by atoms with Crippen LogP contribution in [0.2, 0.25) is 0 Å². The molecule has 2 N–H and O–H groups in total. The molecule has 0 fully saturated rings. The van der Waals surface area contributed by atoms with E-state index in [1.165, 1.54) is 5.69 Å². The van der Waals surface area contributed by atoms with Crippen molar-refractivity contribution in [2.24, 2.45) is 16.8 Å². The highest BCUT2D eigenvalue weighted by atomic mass is 15.3. The molecule has 22 heavy (non-hydrogen) atoms. The molecule has 126 valence electrons. The fraction of sp³-hybridized carbons (Fsp3) is 0.765. The molecule has 0 aromatic carbocycles. The van der Waals surface area contributed by atoms with E-state index in [0.717, 1.165) is 44.3 Å². The van der Waals surface area contributed by atoms with E-state index in [9.17, 15) is 0 Å². The molecule has 0 saturated carbocycles. The van der Waals surface area contributed by atoms with E-state index in [4.69, 9.17) is 4.99 Å². The molecule has 5 heteroatoms. The van der Waals surface area contributed by atoms with Crippen molar-refractivity contribution in [3.63, 3.8) is 0 Å². The SMILES string of the molecule is CCNC(=NCC(C)Cn1nc(C)cc1C)NCCC(C)C. The lowest BCUT2D eigenvalue weighted by atomic mass is 10.1. The largest absolute Gasteiger partial charge is 0.357 e. The van der Waals surface area contributed by atoms with Crippen LogP contribution in [0.5, 0.6) is 0 Å². The third kappa shape index (κ3) is 6.96. The van der Waals surface area contributed by atoms with Gasteiger partial charge in [0, 0.05) is 31.9 Å². The fourth-order valence-corrected chi connectivity index (χ4v) is 2.28. The molecule has 1 atom stereocenters. The summed E-state index contributed by atoms with van der Waals surface area (Å²) >= 11 is 0. The van der Waals surface area contributed by atoms with Gasteiger partial charge in [0.15, 0.2) is 5.96 Å². The second-order valence-electron chi connectivity index (χ2n) is 6.54. The molecule has 0 aliphatic rings. The van der Waals surface area contributed by atoms with Crippen LogP contribution in [0.1, 0.15) is 45.5 Å². The van der Waals surface area contributed by atoms with E-state index in [0.29, 0.717) is 11.8 Å². The van der Waals surface area contributed by atoms with Crippen LogP contribution in [-0.4, -0.2) is 35.4 Å². The highest BCUT2D eigenvalue weighted by Gasteiger charge is 2.07. The zero-order chi connectivity index (χ0) is 16.5. The van der Waals surface area contributed by atoms with E-state index in [2.05, 4.69) is 61.1 Å². The van der Waals surface area contributed by atoms with Crippen molar-refractivity contribution < 1.29 is 0 Å². The molecule has 0 bridgehead atoms. The zero-order valence-electron chi connectivity index (χ0n) is 15.1. The summed E-state index contributed by atoms with van der Waals surface area (Å²) in [6, 6.07) is 2.12. The molecule has 1 heterocycles. The highest BCUT2D eigenvalue weighted by Crippen LogP contribution is 2.06. The van der Waals surface area contributed by atoms with Gasteiger partial charge in [-0.3, -0.25) is 9.67 Å². The first-order valence-electron chi connectivity index (χ1n) is 8.45. The van der Waals surface area contributed by atoms with Gasteiger partial charge < -0.3 is 10.6 Å². The van der Waals surface area contributed by atoms with Gasteiger partial charge in [-0.1, -0.05) is 20.8 Å². The molecule has 5 nitrogen and oxygen atoms in total. The fourth-order valence-electron chi connectivity index (χ4n) is 2.28. The Bertz CT molecular complexity index is 462. The van der Waals surface area contributed by atoms with Gasteiger partial charge in [-0.25, -0.2) is 0 Å². The quantitative estimate of drug-likeness (QED) is 0.573. The van der Waals surface area contributed by atoms with Crippen molar-refractivity contribution in [2.45, 2.75) is 54.5 Å². The Labute approximate surface area is 135 Å². The maximum absolute atomic E-state index is 4.70. The zero-order valence-corrected chi connectivity index (χ0v) is 15.1. The Morgan fingerprint density at radius 3 is 2.55 bits per heavy atom. The van der Waals surface area contributed by atoms with Gasteiger partial charge in [0.05, 0.1) is 5.69 Å². The third-order valence-electron chi connectivity index (χ3n) is 3.51. The Morgan fingerprint density at radius 2 is 2.00 bits per heavy atom. The van der Waals surface area contributed by atoms with Crippen molar-refractivity contribution in [3.05, 3.63) is 17.5 Å². The topological polar surface area (TPSA) is 54.2 Å². The average molecular weight is 307 g/mol. The minimum absolute atomic E-state index is 0.457. The summed E-state index contributed by atoms with van der Waals surface area (Å²) in [4.78, 5) is 4.70. The summed E-state index contributed by atoms with van der Waals surface area (Å²) in [7, 11) is 0. The monoisotopic (exact) mass is 307 g/mol. The van der Waals surface area contributed by atoms with E-state index >= 15 is 0 Å². The molecule has 1 aromatic rings. The number of hydrogen-bond donors (Lipinski definition) is 2. The van der Waals surface area contributed by atoms with Crippen molar-refractivity contribution in [3.8, 4) is 0 Å². The molecular formula is C17H33N5. The van der Waals surface area contributed by atoms with Crippen molar-refractivity contribution in [1.29, 1.82) is 0 Å². The first kappa shape index (κ1) is 18.5. The molecular weight excluding hydrogens is 274 g/mol. The number of guanidine groups is 1. The molecule has 0 amide bonds. The van der Waals surface area contributed by atoms with E-state index in [1.54, 1.807) is 0 Å². The van der Waals surface area contributed by atoms with Crippen LogP contribution >= 0.6 is 0 Å². The van der Waals surface area contributed by atoms with Crippen LogP contribution in [-0.2, 0) is 6.54 Å². The van der Waals surface area contributed by atoms with E-state index in [-0.39, 0.29) is 0 Å². The standard InChI is InChI=1S/C17H33N5/c1-7-18-17(19-9-8-13(2)3)20-11-14(4)12-22-16(6)10-15(5)21-22/h10,13-14H,7-9,11-12H2,1-6H3,(H2,18,19,20). The molecule has 0 aliphatic heterocycles. The third-order valence-corrected chi connectivity index (χ3v) is 3.51. The summed E-state index contributed by atoms with van der Waals surface area (Å²) in [6.45, 7) is 16.5. The summed E-state index contributed by atoms with van der Waals surface area (Å²) in [5, 5.41) is 11.2. The van der Waals surface area contributed by atoms with Crippen molar-refractivity contribution >= 4 is 5.96 Å². The van der Waals surface area contributed by atoms with Crippen LogP contribution in [0, 0.1) is 25.7 Å². The van der Waals surface area contributed by atoms with E-state index < -0.39 is 0 Å². The van der Waals surface area contributed by atoms with E-state index in [1.807, 2.05) is 6.92 Å². The van der Waals surface area contributed by atoms with Gasteiger partial charge in [0.2, 0.25) is 0 Å². The van der Waals surface area contributed by atoms with Crippen LogP contribution in [0.15, 0.2) is 11.1 Å². The number of rotatable bonds is 8. The smallest absolute Gasteiger partial charge is 0.191 e. The Balaban J connectivity index is 2.48. The summed E-state index contributed by atoms with van der Waals surface area (Å²) < 4.78 is 2.08. The first-order valence-corrected chi connectivity index (χ1v) is 8.45. The van der Waals surface area contributed by atoms with Gasteiger partial charge in [-0.05, 0) is 45.1 Å². The maximum atomic E-state index is 4.70. The number of aliphatic imine (C=N–C) groups is 1. The van der Waals surface area contributed by atoms with Crippen LogP contribution in [0.3, 0.4) is 0 Å². The molecule has 1 rings (SSSR count). The number of nitrogens with one attached hydrogen (secondary N) is 2. The minimum atomic E-state index is 0.457. The Morgan fingerprint density at radius 1 is 1.27 bits per heavy atom. The number of aromatic nitrogens is 2. The molecule has 0 saturated heterocycles. The van der Waals surface area contributed by atoms with Gasteiger partial charge >= 0.3 is 0 Å². The van der Waals surface area contributed by atoms with Crippen LogP contribution in [0.25, 0.3) is 0 Å². The second kappa shape index (κ2) is 9.49. The van der Waals surface area contributed by atoms with Gasteiger partial charge in [0.25, 0.3) is 0 Å². The van der Waals surface area contributed by atoms with Crippen molar-refractivity contribution in [1.82, 2.24) is 20.4 Å². The molecule has 1 unspecified atom stereocenters. The van der Waals surface area contributed by atoms with Gasteiger partial charge in [-0.15, -0.1) is 0 Å². The number of hydrogen-bond acceptors (Lipinski definition) is 2. The maximum Gasteiger partial charge on any atom is 0.191 e. The van der Waals surface area contributed by atoms with Crippen molar-refractivity contribution in [2.75, 3.05) is 19.6 Å². The lowest BCUT2D eigenvalue weighted by molar-refractivity contribution is 0.449. The molecule has 0 aliphatic carbocycles. The predicted molar refractivity (Wildman–Crippen MR) is 94.3 cm³/mol. The molecule has 0 radical (unpaired) electrons. The van der Waals surface area contributed by atoms with Crippen LogP contribution in [0.4, 0.5) is 0 Å². The Hall–Kier alpha value is -1.52. The van der Waals surface area contributed by atoms with Gasteiger partial charge in [0.1, 0.15) is 0 Å².